The zero-order valence-corrected chi connectivity index (χ0v) is 14.0. The van der Waals surface area contributed by atoms with Crippen molar-refractivity contribution in [2.75, 3.05) is 13.1 Å². The van der Waals surface area contributed by atoms with Crippen LogP contribution < -0.4 is 10.2 Å². The predicted octanol–water partition coefficient (Wildman–Crippen LogP) is 1.45. The summed E-state index contributed by atoms with van der Waals surface area (Å²) in [5, 5.41) is 0. The maximum atomic E-state index is 12.3. The summed E-state index contributed by atoms with van der Waals surface area (Å²) in [4.78, 5) is 14.8. The van der Waals surface area contributed by atoms with Gasteiger partial charge in [-0.15, -0.1) is 0 Å². The predicted molar refractivity (Wildman–Crippen MR) is 84.5 cm³/mol. The lowest BCUT2D eigenvalue weighted by atomic mass is 10.1. The molecule has 6 nitrogen and oxygen atoms in total. The molecule has 1 aromatic heterocycles. The molecule has 0 fully saturated rings. The Hall–Kier alpha value is -1.18. The number of pyridine rings is 1. The van der Waals surface area contributed by atoms with Gasteiger partial charge in [0.15, 0.2) is 5.43 Å². The first-order chi connectivity index (χ1) is 9.83. The minimum Gasteiger partial charge on any atom is -0.363 e. The van der Waals surface area contributed by atoms with E-state index in [0.717, 1.165) is 12.8 Å². The average molecular weight is 315 g/mol. The second kappa shape index (κ2) is 7.72. The van der Waals surface area contributed by atoms with Crippen molar-refractivity contribution in [3.8, 4) is 0 Å². The van der Waals surface area contributed by atoms with E-state index < -0.39 is 10.2 Å². The first-order valence-corrected chi connectivity index (χ1v) is 8.70. The van der Waals surface area contributed by atoms with E-state index in [1.54, 1.807) is 20.0 Å². The summed E-state index contributed by atoms with van der Waals surface area (Å²) in [5.41, 5.74) is 1.72. The summed E-state index contributed by atoms with van der Waals surface area (Å²) in [6.45, 7) is 8.39. The largest absolute Gasteiger partial charge is 0.363 e. The molecule has 0 atom stereocenters. The minimum absolute atomic E-state index is 0.0538. The van der Waals surface area contributed by atoms with Gasteiger partial charge in [0.2, 0.25) is 0 Å². The van der Waals surface area contributed by atoms with Crippen LogP contribution in [-0.2, 0) is 16.8 Å². The second-order valence-corrected chi connectivity index (χ2v) is 6.88. The van der Waals surface area contributed by atoms with E-state index in [4.69, 9.17) is 0 Å². The number of aromatic amines is 1. The zero-order valence-electron chi connectivity index (χ0n) is 13.2. The molecule has 1 aromatic rings. The van der Waals surface area contributed by atoms with Gasteiger partial charge in [-0.1, -0.05) is 13.8 Å². The molecule has 0 aliphatic heterocycles. The molecular weight excluding hydrogens is 290 g/mol. The molecule has 0 saturated heterocycles. The maximum Gasteiger partial charge on any atom is 0.279 e. The van der Waals surface area contributed by atoms with E-state index in [1.807, 2.05) is 13.8 Å². The van der Waals surface area contributed by atoms with E-state index >= 15 is 0 Å². The van der Waals surface area contributed by atoms with Gasteiger partial charge in [0.1, 0.15) is 0 Å². The van der Waals surface area contributed by atoms with Crippen molar-refractivity contribution in [3.05, 3.63) is 33.2 Å². The zero-order chi connectivity index (χ0) is 16.0. The highest BCUT2D eigenvalue weighted by molar-refractivity contribution is 7.87. The van der Waals surface area contributed by atoms with E-state index in [0.29, 0.717) is 29.9 Å². The Morgan fingerprint density at radius 3 is 2.29 bits per heavy atom. The number of hydrogen-bond acceptors (Lipinski definition) is 3. The summed E-state index contributed by atoms with van der Waals surface area (Å²) in [7, 11) is -3.52. The SMILES string of the molecule is CCCN(CCC)S(=O)(=O)NCc1[nH]cc(C)c(=O)c1C. The Morgan fingerprint density at radius 2 is 1.76 bits per heavy atom. The third kappa shape index (κ3) is 4.66. The smallest absolute Gasteiger partial charge is 0.279 e. The van der Waals surface area contributed by atoms with Crippen LogP contribution in [0, 0.1) is 13.8 Å². The minimum atomic E-state index is -3.52. The van der Waals surface area contributed by atoms with Crippen LogP contribution >= 0.6 is 0 Å². The van der Waals surface area contributed by atoms with Crippen LogP contribution in [0.5, 0.6) is 0 Å². The molecule has 0 spiro atoms. The number of nitrogens with zero attached hydrogens (tertiary/aromatic N) is 1. The van der Waals surface area contributed by atoms with Gasteiger partial charge >= 0.3 is 0 Å². The number of aromatic nitrogens is 1. The van der Waals surface area contributed by atoms with Gasteiger partial charge in [-0.3, -0.25) is 4.79 Å². The maximum absolute atomic E-state index is 12.3. The Kier molecular flexibility index (Phi) is 6.57. The number of nitrogens with one attached hydrogen (secondary N) is 2. The van der Waals surface area contributed by atoms with Crippen LogP contribution in [0.1, 0.15) is 43.5 Å². The number of rotatable bonds is 8. The first kappa shape index (κ1) is 17.9. The fourth-order valence-electron chi connectivity index (χ4n) is 2.09. The summed E-state index contributed by atoms with van der Waals surface area (Å²) in [5.74, 6) is 0. The van der Waals surface area contributed by atoms with E-state index in [1.165, 1.54) is 4.31 Å². The molecule has 0 bridgehead atoms. The summed E-state index contributed by atoms with van der Waals surface area (Å²) >= 11 is 0. The Bertz CT molecular complexity index is 617. The van der Waals surface area contributed by atoms with Gasteiger partial charge < -0.3 is 4.98 Å². The van der Waals surface area contributed by atoms with Crippen LogP contribution in [0.3, 0.4) is 0 Å². The van der Waals surface area contributed by atoms with E-state index in [-0.39, 0.29) is 12.0 Å². The van der Waals surface area contributed by atoms with Gasteiger partial charge in [0.05, 0.1) is 6.54 Å². The molecule has 0 aliphatic rings. The molecule has 0 radical (unpaired) electrons. The van der Waals surface area contributed by atoms with Crippen LogP contribution in [0.4, 0.5) is 0 Å². The first-order valence-electron chi connectivity index (χ1n) is 7.26. The highest BCUT2D eigenvalue weighted by Gasteiger charge is 2.20. The van der Waals surface area contributed by atoms with Gasteiger partial charge in [0, 0.05) is 36.1 Å². The average Bonchev–Trinajstić information content (AvgIpc) is 2.44. The quantitative estimate of drug-likeness (QED) is 0.761. The van der Waals surface area contributed by atoms with Crippen LogP contribution in [0.2, 0.25) is 0 Å². The van der Waals surface area contributed by atoms with Crippen molar-refractivity contribution in [2.24, 2.45) is 0 Å². The molecular formula is C14H25N3O3S. The van der Waals surface area contributed by atoms with Gasteiger partial charge in [-0.05, 0) is 26.7 Å². The van der Waals surface area contributed by atoms with Crippen molar-refractivity contribution in [1.82, 2.24) is 14.0 Å². The lowest BCUT2D eigenvalue weighted by Crippen LogP contribution is -2.41. The standard InChI is InChI=1S/C14H25N3O3S/c1-5-7-17(8-6-2)21(19,20)16-10-13-12(4)14(18)11(3)9-15-13/h9,16H,5-8,10H2,1-4H3,(H,15,18). The highest BCUT2D eigenvalue weighted by atomic mass is 32.2. The Labute approximate surface area is 126 Å². The second-order valence-electron chi connectivity index (χ2n) is 5.13. The van der Waals surface area contributed by atoms with Gasteiger partial charge in [-0.2, -0.15) is 17.4 Å². The molecule has 0 aliphatic carbocycles. The van der Waals surface area contributed by atoms with Crippen LogP contribution in [0.15, 0.2) is 11.0 Å². The number of hydrogen-bond donors (Lipinski definition) is 2. The van der Waals surface area contributed by atoms with Crippen molar-refractivity contribution >= 4 is 10.2 Å². The van der Waals surface area contributed by atoms with Crippen LogP contribution in [0.25, 0.3) is 0 Å². The molecule has 21 heavy (non-hydrogen) atoms. The molecule has 2 N–H and O–H groups in total. The molecule has 1 rings (SSSR count). The summed E-state index contributed by atoms with van der Waals surface area (Å²) < 4.78 is 28.5. The van der Waals surface area contributed by atoms with Gasteiger partial charge in [0.25, 0.3) is 10.2 Å². The Morgan fingerprint density at radius 1 is 1.19 bits per heavy atom. The molecule has 0 aromatic carbocycles. The molecule has 0 saturated carbocycles. The van der Waals surface area contributed by atoms with Crippen molar-refractivity contribution in [3.63, 3.8) is 0 Å². The number of aryl methyl sites for hydroxylation is 1. The van der Waals surface area contributed by atoms with Gasteiger partial charge in [-0.25, -0.2) is 0 Å². The fourth-order valence-corrected chi connectivity index (χ4v) is 3.45. The fraction of sp³-hybridized carbons (Fsp3) is 0.643. The number of H-pyrrole nitrogens is 1. The molecule has 0 amide bonds. The van der Waals surface area contributed by atoms with Crippen LogP contribution in [-0.4, -0.2) is 30.8 Å². The van der Waals surface area contributed by atoms with Crippen molar-refractivity contribution < 1.29 is 8.42 Å². The Balaban J connectivity index is 2.86. The molecule has 7 heteroatoms. The molecule has 120 valence electrons. The lowest BCUT2D eigenvalue weighted by Gasteiger charge is -2.21. The third-order valence-electron chi connectivity index (χ3n) is 3.33. The topological polar surface area (TPSA) is 82.3 Å². The van der Waals surface area contributed by atoms with E-state index in [2.05, 4.69) is 9.71 Å². The molecule has 1 heterocycles. The molecule has 0 unspecified atom stereocenters. The third-order valence-corrected chi connectivity index (χ3v) is 4.89. The summed E-state index contributed by atoms with van der Waals surface area (Å²) in [6.07, 6.45) is 3.14. The summed E-state index contributed by atoms with van der Waals surface area (Å²) in [6, 6.07) is 0. The highest BCUT2D eigenvalue weighted by Crippen LogP contribution is 2.05. The van der Waals surface area contributed by atoms with E-state index in [9.17, 15) is 13.2 Å². The van der Waals surface area contributed by atoms with Crippen molar-refractivity contribution in [2.45, 2.75) is 47.1 Å². The van der Waals surface area contributed by atoms with Crippen molar-refractivity contribution in [1.29, 1.82) is 0 Å². The normalized spacial score (nSPS) is 12.0. The lowest BCUT2D eigenvalue weighted by molar-refractivity contribution is 0.401. The monoisotopic (exact) mass is 315 g/mol.